The van der Waals surface area contributed by atoms with Gasteiger partial charge in [-0.15, -0.1) is 0 Å². The van der Waals surface area contributed by atoms with Crippen molar-refractivity contribution in [2.24, 2.45) is 0 Å². The maximum absolute atomic E-state index is 13.0. The van der Waals surface area contributed by atoms with Crippen molar-refractivity contribution < 1.29 is 9.13 Å². The third kappa shape index (κ3) is 2.30. The van der Waals surface area contributed by atoms with Crippen LogP contribution in [0.4, 0.5) is 4.39 Å². The predicted molar refractivity (Wildman–Crippen MR) is 74.3 cm³/mol. The van der Waals surface area contributed by atoms with Gasteiger partial charge in [-0.1, -0.05) is 0 Å². The van der Waals surface area contributed by atoms with Crippen molar-refractivity contribution in [3.63, 3.8) is 0 Å². The minimum atomic E-state index is -0.551. The van der Waals surface area contributed by atoms with E-state index >= 15 is 0 Å². The first-order chi connectivity index (χ1) is 10.2. The number of ether oxygens (including phenoxy) is 1. The van der Waals surface area contributed by atoms with Crippen molar-refractivity contribution in [1.82, 2.24) is 14.6 Å². The molecule has 0 N–H and O–H groups in total. The smallest absolute Gasteiger partial charge is 0.212 e. The first-order valence-electron chi connectivity index (χ1n) is 6.39. The van der Waals surface area contributed by atoms with Gasteiger partial charge in [0, 0.05) is 17.3 Å². The zero-order chi connectivity index (χ0) is 14.8. The van der Waals surface area contributed by atoms with E-state index in [-0.39, 0.29) is 0 Å². The topological polar surface area (TPSA) is 63.2 Å². The molecule has 104 valence electrons. The summed E-state index contributed by atoms with van der Waals surface area (Å²) < 4.78 is 20.1. The van der Waals surface area contributed by atoms with Crippen LogP contribution < -0.4 is 4.74 Å². The van der Waals surface area contributed by atoms with E-state index in [9.17, 15) is 9.65 Å². The lowest BCUT2D eigenvalue weighted by Gasteiger charge is -2.09. The number of aromatic nitrogens is 3. The van der Waals surface area contributed by atoms with E-state index in [1.165, 1.54) is 18.5 Å². The summed E-state index contributed by atoms with van der Waals surface area (Å²) in [5.74, 6) is 0.0710. The number of hydrogen-bond donors (Lipinski definition) is 0. The van der Waals surface area contributed by atoms with E-state index in [0.717, 1.165) is 5.56 Å². The molecule has 0 aliphatic heterocycles. The fourth-order valence-electron chi connectivity index (χ4n) is 2.18. The molecule has 3 heterocycles. The van der Waals surface area contributed by atoms with Crippen LogP contribution in [0.25, 0.3) is 16.6 Å². The Bertz CT molecular complexity index is 833. The Morgan fingerprint density at radius 1 is 1.38 bits per heavy atom. The van der Waals surface area contributed by atoms with E-state index in [1.54, 1.807) is 22.8 Å². The summed E-state index contributed by atoms with van der Waals surface area (Å²) in [5.41, 5.74) is 2.51. The van der Waals surface area contributed by atoms with Crippen molar-refractivity contribution in [3.8, 4) is 22.9 Å². The second kappa shape index (κ2) is 5.21. The second-order valence-electron chi connectivity index (χ2n) is 4.36. The summed E-state index contributed by atoms with van der Waals surface area (Å²) in [6.07, 6.45) is 4.63. The molecule has 0 saturated carbocycles. The molecule has 0 saturated heterocycles. The molecular formula is C15H11FN4O. The number of fused-ring (bicyclic) bond motifs is 1. The quantitative estimate of drug-likeness (QED) is 0.693. The summed E-state index contributed by atoms with van der Waals surface area (Å²) >= 11 is 0. The first-order valence-corrected chi connectivity index (χ1v) is 6.39. The van der Waals surface area contributed by atoms with Gasteiger partial charge >= 0.3 is 0 Å². The normalized spacial score (nSPS) is 10.5. The SMILES string of the molecule is CCOc1cc(-c2ccc(F)nc2)c2c(C#N)cnn2c1. The third-order valence-corrected chi connectivity index (χ3v) is 3.06. The highest BCUT2D eigenvalue weighted by molar-refractivity contribution is 5.84. The minimum absolute atomic E-state index is 0.442. The molecular weight excluding hydrogens is 271 g/mol. The third-order valence-electron chi connectivity index (χ3n) is 3.06. The van der Waals surface area contributed by atoms with E-state index in [4.69, 9.17) is 4.74 Å². The molecule has 0 aliphatic rings. The number of nitriles is 1. The van der Waals surface area contributed by atoms with Gasteiger partial charge in [0.25, 0.3) is 0 Å². The minimum Gasteiger partial charge on any atom is -0.492 e. The van der Waals surface area contributed by atoms with Crippen LogP contribution in [0, 0.1) is 17.3 Å². The van der Waals surface area contributed by atoms with Gasteiger partial charge < -0.3 is 4.74 Å². The van der Waals surface area contributed by atoms with Gasteiger partial charge in [0.05, 0.1) is 30.1 Å². The zero-order valence-corrected chi connectivity index (χ0v) is 11.2. The first kappa shape index (κ1) is 13.1. The van der Waals surface area contributed by atoms with Gasteiger partial charge in [-0.2, -0.15) is 14.8 Å². The molecule has 3 rings (SSSR count). The Balaban J connectivity index is 2.29. The van der Waals surface area contributed by atoms with Crippen LogP contribution >= 0.6 is 0 Å². The molecule has 0 bridgehead atoms. The Hall–Kier alpha value is -2.94. The van der Waals surface area contributed by atoms with Crippen LogP contribution in [0.3, 0.4) is 0 Å². The molecule has 0 spiro atoms. The Kier molecular flexibility index (Phi) is 3.24. The van der Waals surface area contributed by atoms with Gasteiger partial charge in [0.1, 0.15) is 11.8 Å². The monoisotopic (exact) mass is 282 g/mol. The highest BCUT2D eigenvalue weighted by atomic mass is 19.1. The Morgan fingerprint density at radius 2 is 2.24 bits per heavy atom. The Morgan fingerprint density at radius 3 is 2.90 bits per heavy atom. The van der Waals surface area contributed by atoms with Gasteiger partial charge in [-0.25, -0.2) is 9.50 Å². The molecule has 0 radical (unpaired) electrons. The maximum atomic E-state index is 13.0. The fourth-order valence-corrected chi connectivity index (χ4v) is 2.18. The lowest BCUT2D eigenvalue weighted by atomic mass is 10.1. The molecule has 3 aromatic rings. The fraction of sp³-hybridized carbons (Fsp3) is 0.133. The zero-order valence-electron chi connectivity index (χ0n) is 11.2. The van der Waals surface area contributed by atoms with Crippen LogP contribution in [0.2, 0.25) is 0 Å². The van der Waals surface area contributed by atoms with Crippen LogP contribution in [0.5, 0.6) is 5.75 Å². The predicted octanol–water partition coefficient (Wildman–Crippen LogP) is 2.81. The number of nitrogens with zero attached hydrogens (tertiary/aromatic N) is 4. The molecule has 0 unspecified atom stereocenters. The molecule has 0 aliphatic carbocycles. The van der Waals surface area contributed by atoms with Gasteiger partial charge in [-0.05, 0) is 25.1 Å². The van der Waals surface area contributed by atoms with E-state index in [0.29, 0.717) is 29.0 Å². The van der Waals surface area contributed by atoms with Crippen LogP contribution in [0.1, 0.15) is 12.5 Å². The summed E-state index contributed by atoms with van der Waals surface area (Å²) in [7, 11) is 0. The van der Waals surface area contributed by atoms with Crippen molar-refractivity contribution in [2.75, 3.05) is 6.61 Å². The van der Waals surface area contributed by atoms with Gasteiger partial charge in [-0.3, -0.25) is 0 Å². The summed E-state index contributed by atoms with van der Waals surface area (Å²) in [6, 6.07) is 6.80. The van der Waals surface area contributed by atoms with E-state index in [2.05, 4.69) is 16.2 Å². The van der Waals surface area contributed by atoms with E-state index < -0.39 is 5.95 Å². The highest BCUT2D eigenvalue weighted by Gasteiger charge is 2.13. The van der Waals surface area contributed by atoms with Crippen molar-refractivity contribution >= 4 is 5.52 Å². The molecule has 6 heteroatoms. The second-order valence-corrected chi connectivity index (χ2v) is 4.36. The molecule has 3 aromatic heterocycles. The summed E-state index contributed by atoms with van der Waals surface area (Å²) in [4.78, 5) is 3.66. The van der Waals surface area contributed by atoms with Gasteiger partial charge in [0.15, 0.2) is 0 Å². The molecule has 21 heavy (non-hydrogen) atoms. The highest BCUT2D eigenvalue weighted by Crippen LogP contribution is 2.30. The number of pyridine rings is 2. The number of hydrogen-bond acceptors (Lipinski definition) is 4. The Labute approximate surface area is 120 Å². The number of rotatable bonds is 3. The largest absolute Gasteiger partial charge is 0.492 e. The van der Waals surface area contributed by atoms with Crippen molar-refractivity contribution in [1.29, 1.82) is 5.26 Å². The lowest BCUT2D eigenvalue weighted by Crippen LogP contribution is -1.97. The summed E-state index contributed by atoms with van der Waals surface area (Å²) in [6.45, 7) is 2.39. The standard InChI is InChI=1S/C15H11FN4O/c1-2-21-12-5-13(10-3-4-14(16)18-7-10)15-11(6-17)8-19-20(15)9-12/h3-5,7-9H,2H2,1H3. The number of halogens is 1. The van der Waals surface area contributed by atoms with Crippen LogP contribution in [-0.4, -0.2) is 21.2 Å². The molecule has 5 nitrogen and oxygen atoms in total. The van der Waals surface area contributed by atoms with Crippen molar-refractivity contribution in [2.45, 2.75) is 6.92 Å². The molecule has 0 atom stereocenters. The van der Waals surface area contributed by atoms with Gasteiger partial charge in [0.2, 0.25) is 5.95 Å². The lowest BCUT2D eigenvalue weighted by molar-refractivity contribution is 0.338. The molecule has 0 fully saturated rings. The van der Waals surface area contributed by atoms with E-state index in [1.807, 2.05) is 6.92 Å². The average Bonchev–Trinajstić information content (AvgIpc) is 2.91. The van der Waals surface area contributed by atoms with Crippen molar-refractivity contribution in [3.05, 3.63) is 48.3 Å². The van der Waals surface area contributed by atoms with Crippen LogP contribution in [0.15, 0.2) is 36.8 Å². The average molecular weight is 282 g/mol. The summed E-state index contributed by atoms with van der Waals surface area (Å²) in [5, 5.41) is 13.4. The van der Waals surface area contributed by atoms with Crippen LogP contribution in [-0.2, 0) is 0 Å². The molecule has 0 aromatic carbocycles. The maximum Gasteiger partial charge on any atom is 0.212 e. The molecule has 0 amide bonds.